The molecule has 2 aliphatic rings. The second-order valence-electron chi connectivity index (χ2n) is 4.71. The first-order chi connectivity index (χ1) is 8.24. The second-order valence-corrected chi connectivity index (χ2v) is 4.71. The topological polar surface area (TPSA) is 52.7 Å². The van der Waals surface area contributed by atoms with Gasteiger partial charge in [0.15, 0.2) is 0 Å². The summed E-state index contributed by atoms with van der Waals surface area (Å²) >= 11 is 0. The van der Waals surface area contributed by atoms with E-state index in [0.29, 0.717) is 6.54 Å². The van der Waals surface area contributed by atoms with Crippen LogP contribution in [0.2, 0.25) is 0 Å². The molecule has 2 amide bonds. The lowest BCUT2D eigenvalue weighted by molar-refractivity contribution is -0.153. The highest BCUT2D eigenvalue weighted by atomic mass is 16.2. The maximum atomic E-state index is 12.1. The number of amides is 2. The molecule has 2 aliphatic heterocycles. The molecular formula is C12H21N3O2. The first kappa shape index (κ1) is 12.4. The van der Waals surface area contributed by atoms with Gasteiger partial charge in [0.25, 0.3) is 0 Å². The zero-order chi connectivity index (χ0) is 12.3. The molecule has 2 saturated heterocycles. The Balaban J connectivity index is 1.86. The largest absolute Gasteiger partial charge is 0.332 e. The van der Waals surface area contributed by atoms with Crippen LogP contribution in [0.5, 0.6) is 0 Å². The van der Waals surface area contributed by atoms with Gasteiger partial charge in [0, 0.05) is 13.1 Å². The van der Waals surface area contributed by atoms with Gasteiger partial charge in [-0.05, 0) is 32.4 Å². The fraction of sp³-hybridized carbons (Fsp3) is 0.833. The van der Waals surface area contributed by atoms with Crippen LogP contribution in [0.4, 0.5) is 0 Å². The van der Waals surface area contributed by atoms with Crippen LogP contribution in [0.3, 0.4) is 0 Å². The fourth-order valence-electron chi connectivity index (χ4n) is 2.63. The first-order valence-electron chi connectivity index (χ1n) is 6.53. The lowest BCUT2D eigenvalue weighted by atomic mass is 10.1. The Bertz CT molecular complexity index is 306. The minimum absolute atomic E-state index is 0.121. The molecule has 2 fully saturated rings. The van der Waals surface area contributed by atoms with Crippen LogP contribution < -0.4 is 5.32 Å². The maximum absolute atomic E-state index is 12.1. The number of carbonyl (C=O) groups is 2. The highest BCUT2D eigenvalue weighted by molar-refractivity contribution is 5.95. The van der Waals surface area contributed by atoms with Crippen molar-refractivity contribution >= 4 is 11.8 Å². The van der Waals surface area contributed by atoms with Crippen LogP contribution in [-0.4, -0.2) is 60.4 Å². The molecule has 5 heteroatoms. The summed E-state index contributed by atoms with van der Waals surface area (Å²) < 4.78 is 0. The van der Waals surface area contributed by atoms with Gasteiger partial charge in [0.2, 0.25) is 11.8 Å². The minimum Gasteiger partial charge on any atom is -0.332 e. The summed E-state index contributed by atoms with van der Waals surface area (Å²) in [6.45, 7) is 5.65. The lowest BCUT2D eigenvalue weighted by Crippen LogP contribution is -2.57. The van der Waals surface area contributed by atoms with Crippen molar-refractivity contribution in [2.45, 2.75) is 32.2 Å². The average Bonchev–Trinajstić information content (AvgIpc) is 2.80. The number of piperazine rings is 1. The van der Waals surface area contributed by atoms with E-state index in [2.05, 4.69) is 12.2 Å². The molecule has 1 N–H and O–H groups in total. The molecule has 0 radical (unpaired) electrons. The molecule has 96 valence electrons. The molecular weight excluding hydrogens is 218 g/mol. The summed E-state index contributed by atoms with van der Waals surface area (Å²) in [4.78, 5) is 27.4. The SMILES string of the molecule is CCNCCCN1CC(=O)N2CCCC2C1=O. The molecule has 0 aromatic carbocycles. The minimum atomic E-state index is -0.157. The predicted octanol–water partition coefficient (Wildman–Crippen LogP) is -0.181. The molecule has 1 atom stereocenters. The van der Waals surface area contributed by atoms with Crippen LogP contribution in [0, 0.1) is 0 Å². The van der Waals surface area contributed by atoms with Crippen LogP contribution in [0.25, 0.3) is 0 Å². The molecule has 17 heavy (non-hydrogen) atoms. The molecule has 1 unspecified atom stereocenters. The van der Waals surface area contributed by atoms with Gasteiger partial charge in [-0.3, -0.25) is 9.59 Å². The van der Waals surface area contributed by atoms with E-state index in [1.807, 2.05) is 0 Å². The number of fused-ring (bicyclic) bond motifs is 1. The second kappa shape index (κ2) is 5.49. The number of carbonyl (C=O) groups excluding carboxylic acids is 2. The highest BCUT2D eigenvalue weighted by Crippen LogP contribution is 2.23. The van der Waals surface area contributed by atoms with E-state index in [1.54, 1.807) is 9.80 Å². The average molecular weight is 239 g/mol. The summed E-state index contributed by atoms with van der Waals surface area (Å²) in [5, 5.41) is 3.23. The molecule has 0 saturated carbocycles. The zero-order valence-electron chi connectivity index (χ0n) is 10.4. The van der Waals surface area contributed by atoms with Gasteiger partial charge in [-0.25, -0.2) is 0 Å². The van der Waals surface area contributed by atoms with Crippen LogP contribution in [0.15, 0.2) is 0 Å². The van der Waals surface area contributed by atoms with Crippen molar-refractivity contribution in [3.8, 4) is 0 Å². The standard InChI is InChI=1S/C12H21N3O2/c1-2-13-6-4-7-14-9-11(16)15-8-3-5-10(15)12(14)17/h10,13H,2-9H2,1H3. The number of hydrogen-bond acceptors (Lipinski definition) is 3. The van der Waals surface area contributed by atoms with Crippen LogP contribution in [-0.2, 0) is 9.59 Å². The van der Waals surface area contributed by atoms with E-state index in [1.165, 1.54) is 0 Å². The van der Waals surface area contributed by atoms with E-state index in [-0.39, 0.29) is 24.4 Å². The van der Waals surface area contributed by atoms with E-state index in [9.17, 15) is 9.59 Å². The number of nitrogens with one attached hydrogen (secondary N) is 1. The Kier molecular flexibility index (Phi) is 3.99. The van der Waals surface area contributed by atoms with Gasteiger partial charge in [-0.15, -0.1) is 0 Å². The third-order valence-electron chi connectivity index (χ3n) is 3.53. The summed E-state index contributed by atoms with van der Waals surface area (Å²) in [6.07, 6.45) is 2.72. The highest BCUT2D eigenvalue weighted by Gasteiger charge is 2.41. The number of nitrogens with zero attached hydrogens (tertiary/aromatic N) is 2. The summed E-state index contributed by atoms with van der Waals surface area (Å²) in [6, 6.07) is -0.157. The molecule has 2 heterocycles. The van der Waals surface area contributed by atoms with Gasteiger partial charge < -0.3 is 15.1 Å². The third kappa shape index (κ3) is 2.60. The van der Waals surface area contributed by atoms with E-state index < -0.39 is 0 Å². The monoisotopic (exact) mass is 239 g/mol. The summed E-state index contributed by atoms with van der Waals surface area (Å²) in [5.74, 6) is 0.272. The van der Waals surface area contributed by atoms with Gasteiger partial charge in [-0.2, -0.15) is 0 Å². The van der Waals surface area contributed by atoms with E-state index in [0.717, 1.165) is 38.9 Å². The normalized spacial score (nSPS) is 24.4. The Hall–Kier alpha value is -1.10. The molecule has 2 rings (SSSR count). The van der Waals surface area contributed by atoms with Crippen molar-refractivity contribution in [1.82, 2.24) is 15.1 Å². The van der Waals surface area contributed by atoms with Gasteiger partial charge in [-0.1, -0.05) is 6.92 Å². The van der Waals surface area contributed by atoms with Crippen molar-refractivity contribution < 1.29 is 9.59 Å². The summed E-state index contributed by atoms with van der Waals surface area (Å²) in [5.41, 5.74) is 0. The fourth-order valence-corrected chi connectivity index (χ4v) is 2.63. The van der Waals surface area contributed by atoms with Crippen molar-refractivity contribution in [2.75, 3.05) is 32.7 Å². The molecule has 0 aromatic rings. The maximum Gasteiger partial charge on any atom is 0.245 e. The number of rotatable bonds is 5. The van der Waals surface area contributed by atoms with Gasteiger partial charge in [0.05, 0.1) is 6.54 Å². The Morgan fingerprint density at radius 3 is 3.00 bits per heavy atom. The smallest absolute Gasteiger partial charge is 0.245 e. The van der Waals surface area contributed by atoms with Crippen molar-refractivity contribution in [2.24, 2.45) is 0 Å². The van der Waals surface area contributed by atoms with E-state index >= 15 is 0 Å². The summed E-state index contributed by atoms with van der Waals surface area (Å²) in [7, 11) is 0. The van der Waals surface area contributed by atoms with Crippen molar-refractivity contribution in [3.63, 3.8) is 0 Å². The molecule has 0 spiro atoms. The molecule has 0 aromatic heterocycles. The van der Waals surface area contributed by atoms with E-state index in [4.69, 9.17) is 0 Å². The Morgan fingerprint density at radius 2 is 2.24 bits per heavy atom. The molecule has 0 aliphatic carbocycles. The van der Waals surface area contributed by atoms with Crippen molar-refractivity contribution in [1.29, 1.82) is 0 Å². The zero-order valence-corrected chi connectivity index (χ0v) is 10.4. The van der Waals surface area contributed by atoms with Gasteiger partial charge >= 0.3 is 0 Å². The van der Waals surface area contributed by atoms with Gasteiger partial charge in [0.1, 0.15) is 6.04 Å². The van der Waals surface area contributed by atoms with Crippen LogP contribution >= 0.6 is 0 Å². The quantitative estimate of drug-likeness (QED) is 0.677. The molecule has 5 nitrogen and oxygen atoms in total. The number of hydrogen-bond donors (Lipinski definition) is 1. The predicted molar refractivity (Wildman–Crippen MR) is 64.5 cm³/mol. The third-order valence-corrected chi connectivity index (χ3v) is 3.53. The molecule has 0 bridgehead atoms. The van der Waals surface area contributed by atoms with Crippen LogP contribution in [0.1, 0.15) is 26.2 Å². The Morgan fingerprint density at radius 1 is 1.41 bits per heavy atom. The van der Waals surface area contributed by atoms with Crippen molar-refractivity contribution in [3.05, 3.63) is 0 Å². The Labute approximate surface area is 102 Å². The lowest BCUT2D eigenvalue weighted by Gasteiger charge is -2.36. The first-order valence-corrected chi connectivity index (χ1v) is 6.53.